The maximum absolute atomic E-state index is 12.8. The third-order valence-electron chi connectivity index (χ3n) is 4.45. The largest absolute Gasteiger partial charge is 0.481 e. The van der Waals surface area contributed by atoms with E-state index < -0.39 is 5.60 Å². The molecule has 0 saturated heterocycles. The quantitative estimate of drug-likeness (QED) is 0.768. The highest BCUT2D eigenvalue weighted by Gasteiger charge is 2.34. The highest BCUT2D eigenvalue weighted by atomic mass is 16.5. The van der Waals surface area contributed by atoms with Gasteiger partial charge in [-0.05, 0) is 37.5 Å². The zero-order valence-electron chi connectivity index (χ0n) is 14.6. The highest BCUT2D eigenvalue weighted by Crippen LogP contribution is 2.28. The number of nitrogens with zero attached hydrogens (tertiary/aromatic N) is 1. The Morgan fingerprint density at radius 2 is 2.04 bits per heavy atom. The number of fused-ring (bicyclic) bond motifs is 1. The van der Waals surface area contributed by atoms with E-state index in [-0.39, 0.29) is 29.8 Å². The van der Waals surface area contributed by atoms with Crippen molar-refractivity contribution in [3.05, 3.63) is 46.7 Å². The molecule has 0 fully saturated rings. The van der Waals surface area contributed by atoms with Crippen LogP contribution < -0.4 is 0 Å². The van der Waals surface area contributed by atoms with E-state index in [4.69, 9.17) is 9.47 Å². The molecule has 2 aliphatic heterocycles. The van der Waals surface area contributed by atoms with Gasteiger partial charge in [0.1, 0.15) is 5.60 Å². The summed E-state index contributed by atoms with van der Waals surface area (Å²) in [6, 6.07) is 5.41. The number of hydrogen-bond donors (Lipinski definition) is 0. The molecule has 0 spiro atoms. The zero-order chi connectivity index (χ0) is 18.2. The third-order valence-corrected chi connectivity index (χ3v) is 4.45. The number of benzene rings is 1. The summed E-state index contributed by atoms with van der Waals surface area (Å²) < 4.78 is 10.5. The average Bonchev–Trinajstić information content (AvgIpc) is 2.57. The molecule has 2 aliphatic rings. The normalized spacial score (nSPS) is 18.8. The summed E-state index contributed by atoms with van der Waals surface area (Å²) >= 11 is 0. The topological polar surface area (TPSA) is 72.9 Å². The number of carbonyl (C=O) groups excluding carboxylic acids is 3. The second-order valence-corrected chi connectivity index (χ2v) is 6.92. The molecular weight excluding hydrogens is 322 g/mol. The molecule has 1 aromatic carbocycles. The minimum Gasteiger partial charge on any atom is -0.481 e. The molecule has 0 aromatic heterocycles. The van der Waals surface area contributed by atoms with Crippen LogP contribution in [0.2, 0.25) is 0 Å². The van der Waals surface area contributed by atoms with Crippen LogP contribution in [0.25, 0.3) is 0 Å². The van der Waals surface area contributed by atoms with E-state index in [0.29, 0.717) is 25.1 Å². The number of amides is 1. The van der Waals surface area contributed by atoms with Crippen LogP contribution >= 0.6 is 0 Å². The number of allylic oxidation sites excluding steroid dienone is 1. The molecular formula is C19H21NO5. The molecule has 6 nitrogen and oxygen atoms in total. The van der Waals surface area contributed by atoms with Crippen molar-refractivity contribution in [3.8, 4) is 0 Å². The number of ether oxygens (including phenoxy) is 2. The molecule has 1 aromatic rings. The minimum absolute atomic E-state index is 0.0915. The average molecular weight is 343 g/mol. The summed E-state index contributed by atoms with van der Waals surface area (Å²) in [4.78, 5) is 38.1. The molecule has 0 atom stereocenters. The fourth-order valence-corrected chi connectivity index (χ4v) is 3.33. The van der Waals surface area contributed by atoms with E-state index in [2.05, 4.69) is 0 Å². The van der Waals surface area contributed by atoms with E-state index >= 15 is 0 Å². The Kier molecular flexibility index (Phi) is 4.37. The van der Waals surface area contributed by atoms with Crippen LogP contribution in [0.1, 0.15) is 41.8 Å². The first kappa shape index (κ1) is 17.2. The molecule has 3 rings (SSSR count). The van der Waals surface area contributed by atoms with E-state index in [1.54, 1.807) is 30.9 Å². The van der Waals surface area contributed by atoms with Gasteiger partial charge in [-0.25, -0.2) is 4.79 Å². The van der Waals surface area contributed by atoms with Gasteiger partial charge in [-0.15, -0.1) is 0 Å². The zero-order valence-corrected chi connectivity index (χ0v) is 14.6. The molecule has 0 bridgehead atoms. The van der Waals surface area contributed by atoms with E-state index in [1.165, 1.54) is 13.2 Å². The maximum Gasteiger partial charge on any atom is 0.338 e. The third kappa shape index (κ3) is 3.43. The van der Waals surface area contributed by atoms with Gasteiger partial charge in [-0.1, -0.05) is 12.1 Å². The van der Waals surface area contributed by atoms with Gasteiger partial charge in [0.05, 0.1) is 12.7 Å². The van der Waals surface area contributed by atoms with Crippen LogP contribution in [0, 0.1) is 0 Å². The predicted molar refractivity (Wildman–Crippen MR) is 89.8 cm³/mol. The number of ketones is 1. The molecule has 0 radical (unpaired) electrons. The fraction of sp³-hybridized carbons (Fsp3) is 0.421. The molecule has 6 heteroatoms. The number of carbonyl (C=O) groups is 3. The monoisotopic (exact) mass is 343 g/mol. The van der Waals surface area contributed by atoms with Crippen molar-refractivity contribution in [1.29, 1.82) is 0 Å². The van der Waals surface area contributed by atoms with Crippen molar-refractivity contribution in [2.45, 2.75) is 38.8 Å². The number of esters is 1. The summed E-state index contributed by atoms with van der Waals surface area (Å²) in [5, 5.41) is 0. The molecule has 0 saturated carbocycles. The maximum atomic E-state index is 12.8. The van der Waals surface area contributed by atoms with Gasteiger partial charge in [0.15, 0.2) is 11.5 Å². The fourth-order valence-electron chi connectivity index (χ4n) is 3.33. The Balaban J connectivity index is 1.83. The van der Waals surface area contributed by atoms with Crippen molar-refractivity contribution >= 4 is 17.7 Å². The Bertz CT molecular complexity index is 778. The van der Waals surface area contributed by atoms with Crippen LogP contribution in [0.3, 0.4) is 0 Å². The summed E-state index contributed by atoms with van der Waals surface area (Å²) in [5.74, 6) is -0.684. The lowest BCUT2D eigenvalue weighted by molar-refractivity contribution is -0.138. The van der Waals surface area contributed by atoms with Gasteiger partial charge in [0.25, 0.3) is 5.91 Å². The van der Waals surface area contributed by atoms with Gasteiger partial charge < -0.3 is 14.4 Å². The van der Waals surface area contributed by atoms with Crippen LogP contribution in [0.15, 0.2) is 30.0 Å². The van der Waals surface area contributed by atoms with Crippen molar-refractivity contribution in [3.63, 3.8) is 0 Å². The van der Waals surface area contributed by atoms with Crippen LogP contribution in [0.4, 0.5) is 0 Å². The summed E-state index contributed by atoms with van der Waals surface area (Å²) in [6.07, 6.45) is 2.10. The van der Waals surface area contributed by atoms with E-state index in [9.17, 15) is 14.4 Å². The lowest BCUT2D eigenvalue weighted by atomic mass is 9.94. The smallest absolute Gasteiger partial charge is 0.338 e. The number of rotatable bonds is 2. The lowest BCUT2D eigenvalue weighted by Gasteiger charge is -2.34. The molecule has 0 unspecified atom stereocenters. The van der Waals surface area contributed by atoms with Crippen LogP contribution in [-0.4, -0.2) is 41.8 Å². The highest BCUT2D eigenvalue weighted by molar-refractivity contribution is 6.02. The van der Waals surface area contributed by atoms with Crippen LogP contribution in [-0.2, 0) is 32.0 Å². The molecule has 1 amide bonds. The second-order valence-electron chi connectivity index (χ2n) is 6.92. The first-order chi connectivity index (χ1) is 11.8. The van der Waals surface area contributed by atoms with Crippen molar-refractivity contribution in [1.82, 2.24) is 4.90 Å². The molecule has 132 valence electrons. The van der Waals surface area contributed by atoms with E-state index in [1.807, 2.05) is 6.07 Å². The summed E-state index contributed by atoms with van der Waals surface area (Å²) in [6.45, 7) is 4.40. The van der Waals surface area contributed by atoms with Gasteiger partial charge in [0.2, 0.25) is 0 Å². The predicted octanol–water partition coefficient (Wildman–Crippen LogP) is 2.01. The second kappa shape index (κ2) is 6.35. The van der Waals surface area contributed by atoms with Crippen molar-refractivity contribution in [2.75, 3.05) is 13.7 Å². The molecule has 25 heavy (non-hydrogen) atoms. The Hall–Kier alpha value is -2.63. The first-order valence-corrected chi connectivity index (χ1v) is 8.22. The van der Waals surface area contributed by atoms with Crippen molar-refractivity contribution in [2.24, 2.45) is 0 Å². The van der Waals surface area contributed by atoms with E-state index in [0.717, 1.165) is 11.1 Å². The molecule has 0 N–H and O–H groups in total. The van der Waals surface area contributed by atoms with Crippen molar-refractivity contribution < 1.29 is 23.9 Å². The Morgan fingerprint density at radius 3 is 2.72 bits per heavy atom. The van der Waals surface area contributed by atoms with Gasteiger partial charge >= 0.3 is 5.97 Å². The lowest BCUT2D eigenvalue weighted by Crippen LogP contribution is -2.41. The summed E-state index contributed by atoms with van der Waals surface area (Å²) in [7, 11) is 1.35. The molecule has 0 aliphatic carbocycles. The Morgan fingerprint density at radius 1 is 1.28 bits per heavy atom. The van der Waals surface area contributed by atoms with Gasteiger partial charge in [-0.2, -0.15) is 0 Å². The standard InChI is InChI=1S/C19H21NO5/c1-19(2)10-13(21)9-16(25-19)17(22)20-8-7-14-12(11-20)5-4-6-15(14)18(23)24-3/h4-6,9H,7-8,10-11H2,1-3H3. The van der Waals surface area contributed by atoms with Crippen LogP contribution in [0.5, 0.6) is 0 Å². The SMILES string of the molecule is COC(=O)c1cccc2c1CCN(C(=O)C1=CC(=O)CC(C)(C)O1)C2. The first-order valence-electron chi connectivity index (χ1n) is 8.22. The van der Waals surface area contributed by atoms with Gasteiger partial charge in [0, 0.05) is 25.6 Å². The molecule has 2 heterocycles. The number of hydrogen-bond acceptors (Lipinski definition) is 5. The number of methoxy groups -OCH3 is 1. The Labute approximate surface area is 146 Å². The summed E-state index contributed by atoms with van der Waals surface area (Å²) in [5.41, 5.74) is 1.68. The minimum atomic E-state index is -0.678. The van der Waals surface area contributed by atoms with Gasteiger partial charge in [-0.3, -0.25) is 9.59 Å².